The maximum atomic E-state index is 5.99. The molecule has 4 nitrogen and oxygen atoms in total. The second kappa shape index (κ2) is 5.91. The van der Waals surface area contributed by atoms with Crippen LogP contribution in [-0.2, 0) is 14.2 Å². The van der Waals surface area contributed by atoms with Gasteiger partial charge >= 0.3 is 0 Å². The summed E-state index contributed by atoms with van der Waals surface area (Å²) in [5, 5.41) is 3.62. The lowest BCUT2D eigenvalue weighted by Crippen LogP contribution is -2.62. The molecule has 0 bridgehead atoms. The molecule has 1 N–H and O–H groups in total. The van der Waals surface area contributed by atoms with Gasteiger partial charge in [0.15, 0.2) is 5.79 Å². The van der Waals surface area contributed by atoms with Gasteiger partial charge in [-0.1, -0.05) is 27.7 Å². The first-order valence-corrected chi connectivity index (χ1v) is 7.87. The molecule has 0 aromatic carbocycles. The molecule has 2 fully saturated rings. The summed E-state index contributed by atoms with van der Waals surface area (Å²) in [6.45, 7) is 15.3. The monoisotopic (exact) mass is 285 g/mol. The van der Waals surface area contributed by atoms with E-state index in [2.05, 4.69) is 33.0 Å². The highest BCUT2D eigenvalue weighted by Crippen LogP contribution is 2.43. The molecule has 0 aromatic heterocycles. The van der Waals surface area contributed by atoms with Crippen molar-refractivity contribution >= 4 is 0 Å². The summed E-state index contributed by atoms with van der Waals surface area (Å²) in [6, 6.07) is 0.506. The first kappa shape index (κ1) is 16.2. The Balaban J connectivity index is 1.70. The van der Waals surface area contributed by atoms with E-state index in [1.807, 2.05) is 13.8 Å². The Bertz CT molecular complexity index is 328. The lowest BCUT2D eigenvalue weighted by molar-refractivity contribution is -0.142. The molecular formula is C16H31NO3. The smallest absolute Gasteiger partial charge is 0.163 e. The van der Waals surface area contributed by atoms with Crippen LogP contribution in [-0.4, -0.2) is 43.8 Å². The number of ether oxygens (including phenoxy) is 3. The predicted octanol–water partition coefficient (Wildman–Crippen LogP) is 2.57. The Morgan fingerprint density at radius 1 is 1.25 bits per heavy atom. The van der Waals surface area contributed by atoms with E-state index in [9.17, 15) is 0 Å². The lowest BCUT2D eigenvalue weighted by atomic mass is 9.64. The standard InChI is InChI=1S/C16H31NO3/c1-11(2)9-18-14-7-13(15(14,3)4)17-8-12-10-19-16(5,6)20-12/h11-14,17H,7-10H2,1-6H3. The molecule has 0 spiro atoms. The van der Waals surface area contributed by atoms with Crippen molar-refractivity contribution in [3.63, 3.8) is 0 Å². The lowest BCUT2D eigenvalue weighted by Gasteiger charge is -2.52. The van der Waals surface area contributed by atoms with Crippen molar-refractivity contribution in [2.45, 2.75) is 72.0 Å². The molecule has 1 saturated carbocycles. The molecule has 1 aliphatic heterocycles. The average Bonchev–Trinajstić information content (AvgIpc) is 2.66. The minimum atomic E-state index is -0.426. The maximum absolute atomic E-state index is 5.99. The SMILES string of the molecule is CC(C)COC1CC(NCC2COC(C)(C)O2)C1(C)C. The maximum Gasteiger partial charge on any atom is 0.163 e. The van der Waals surface area contributed by atoms with Crippen LogP contribution in [0, 0.1) is 11.3 Å². The molecule has 20 heavy (non-hydrogen) atoms. The molecule has 3 atom stereocenters. The summed E-state index contributed by atoms with van der Waals surface area (Å²) in [7, 11) is 0. The van der Waals surface area contributed by atoms with Gasteiger partial charge in [-0.05, 0) is 26.2 Å². The van der Waals surface area contributed by atoms with E-state index in [-0.39, 0.29) is 11.5 Å². The van der Waals surface area contributed by atoms with Crippen LogP contribution in [0.2, 0.25) is 0 Å². The highest BCUT2D eigenvalue weighted by atomic mass is 16.7. The van der Waals surface area contributed by atoms with Crippen LogP contribution in [0.25, 0.3) is 0 Å². The van der Waals surface area contributed by atoms with Crippen LogP contribution in [0.1, 0.15) is 48.0 Å². The van der Waals surface area contributed by atoms with E-state index in [4.69, 9.17) is 14.2 Å². The van der Waals surface area contributed by atoms with Gasteiger partial charge in [-0.15, -0.1) is 0 Å². The van der Waals surface area contributed by atoms with Gasteiger partial charge in [0.1, 0.15) is 0 Å². The van der Waals surface area contributed by atoms with Crippen LogP contribution in [0.5, 0.6) is 0 Å². The third-order valence-corrected chi connectivity index (χ3v) is 4.47. The first-order valence-electron chi connectivity index (χ1n) is 7.87. The molecule has 0 aromatic rings. The molecule has 2 aliphatic rings. The fraction of sp³-hybridized carbons (Fsp3) is 1.00. The first-order chi connectivity index (χ1) is 9.21. The number of nitrogens with one attached hydrogen (secondary N) is 1. The zero-order valence-corrected chi connectivity index (χ0v) is 13.9. The summed E-state index contributed by atoms with van der Waals surface area (Å²) in [6.07, 6.45) is 1.63. The normalized spacial score (nSPS) is 35.2. The van der Waals surface area contributed by atoms with Crippen molar-refractivity contribution in [1.29, 1.82) is 0 Å². The van der Waals surface area contributed by atoms with Crippen molar-refractivity contribution in [3.8, 4) is 0 Å². The van der Waals surface area contributed by atoms with E-state index < -0.39 is 5.79 Å². The fourth-order valence-electron chi connectivity index (χ4n) is 2.96. The molecular weight excluding hydrogens is 254 g/mol. The highest BCUT2D eigenvalue weighted by Gasteiger charge is 2.49. The highest BCUT2D eigenvalue weighted by molar-refractivity contribution is 5.03. The zero-order chi connectivity index (χ0) is 15.0. The Kier molecular flexibility index (Phi) is 4.80. The Morgan fingerprint density at radius 3 is 2.45 bits per heavy atom. The second-order valence-electron chi connectivity index (χ2n) is 7.68. The summed E-state index contributed by atoms with van der Waals surface area (Å²) in [4.78, 5) is 0. The van der Waals surface area contributed by atoms with E-state index in [0.717, 1.165) is 19.6 Å². The summed E-state index contributed by atoms with van der Waals surface area (Å²) in [5.41, 5.74) is 0.198. The zero-order valence-electron chi connectivity index (χ0n) is 13.9. The van der Waals surface area contributed by atoms with Gasteiger partial charge < -0.3 is 19.5 Å². The Labute approximate surface area is 123 Å². The number of hydrogen-bond acceptors (Lipinski definition) is 4. The Morgan fingerprint density at radius 2 is 1.95 bits per heavy atom. The third-order valence-electron chi connectivity index (χ3n) is 4.47. The minimum absolute atomic E-state index is 0.163. The molecule has 0 amide bonds. The van der Waals surface area contributed by atoms with E-state index in [1.54, 1.807) is 0 Å². The fourth-order valence-corrected chi connectivity index (χ4v) is 2.96. The quantitative estimate of drug-likeness (QED) is 0.814. The number of rotatable bonds is 6. The van der Waals surface area contributed by atoms with Crippen LogP contribution in [0.15, 0.2) is 0 Å². The van der Waals surface area contributed by atoms with Crippen LogP contribution in [0.4, 0.5) is 0 Å². The Hall–Kier alpha value is -0.160. The molecule has 0 radical (unpaired) electrons. The van der Waals surface area contributed by atoms with E-state index >= 15 is 0 Å². The molecule has 3 unspecified atom stereocenters. The summed E-state index contributed by atoms with van der Waals surface area (Å²) in [5.74, 6) is 0.175. The predicted molar refractivity (Wildman–Crippen MR) is 79.7 cm³/mol. The van der Waals surface area contributed by atoms with Crippen LogP contribution >= 0.6 is 0 Å². The second-order valence-corrected chi connectivity index (χ2v) is 7.68. The summed E-state index contributed by atoms with van der Waals surface area (Å²) >= 11 is 0. The van der Waals surface area contributed by atoms with Crippen molar-refractivity contribution in [2.24, 2.45) is 11.3 Å². The van der Waals surface area contributed by atoms with Gasteiger partial charge in [0.05, 0.1) is 18.8 Å². The van der Waals surface area contributed by atoms with E-state index in [0.29, 0.717) is 24.7 Å². The van der Waals surface area contributed by atoms with Gasteiger partial charge in [-0.25, -0.2) is 0 Å². The number of hydrogen-bond donors (Lipinski definition) is 1. The molecule has 4 heteroatoms. The van der Waals surface area contributed by atoms with Gasteiger partial charge in [0.25, 0.3) is 0 Å². The minimum Gasteiger partial charge on any atom is -0.377 e. The van der Waals surface area contributed by atoms with E-state index in [1.165, 1.54) is 0 Å². The van der Waals surface area contributed by atoms with Crippen LogP contribution in [0.3, 0.4) is 0 Å². The van der Waals surface area contributed by atoms with Crippen molar-refractivity contribution in [1.82, 2.24) is 5.32 Å². The van der Waals surface area contributed by atoms with Gasteiger partial charge in [-0.3, -0.25) is 0 Å². The van der Waals surface area contributed by atoms with Crippen LogP contribution < -0.4 is 5.32 Å². The molecule has 2 rings (SSSR count). The van der Waals surface area contributed by atoms with Gasteiger partial charge in [0.2, 0.25) is 0 Å². The van der Waals surface area contributed by atoms with Crippen molar-refractivity contribution < 1.29 is 14.2 Å². The summed E-state index contributed by atoms with van der Waals surface area (Å²) < 4.78 is 17.4. The van der Waals surface area contributed by atoms with Crippen molar-refractivity contribution in [2.75, 3.05) is 19.8 Å². The largest absolute Gasteiger partial charge is 0.377 e. The molecule has 1 heterocycles. The molecule has 1 saturated heterocycles. The average molecular weight is 285 g/mol. The van der Waals surface area contributed by atoms with Crippen molar-refractivity contribution in [3.05, 3.63) is 0 Å². The third kappa shape index (κ3) is 3.73. The molecule has 118 valence electrons. The topological polar surface area (TPSA) is 39.7 Å². The molecule has 1 aliphatic carbocycles. The van der Waals surface area contributed by atoms with Gasteiger partial charge in [0, 0.05) is 24.6 Å². The van der Waals surface area contributed by atoms with Gasteiger partial charge in [-0.2, -0.15) is 0 Å².